The first kappa shape index (κ1) is 12.4. The molecule has 2 fully saturated rings. The molecule has 5 heteroatoms. The number of amides is 1. The molecule has 1 amide bonds. The quantitative estimate of drug-likeness (QED) is 0.794. The lowest BCUT2D eigenvalue weighted by Gasteiger charge is -2.33. The second kappa shape index (κ2) is 5.49. The molecule has 1 saturated carbocycles. The number of hydroxylamine groups is 2. The maximum absolute atomic E-state index is 12.2. The average molecular weight is 241 g/mol. The molecule has 2 aliphatic rings. The smallest absolute Gasteiger partial charge is 0.307 e. The molecule has 0 radical (unpaired) electrons. The molecule has 1 saturated heterocycles. The largest absolute Gasteiger partial charge is 0.481 e. The van der Waals surface area contributed by atoms with Gasteiger partial charge in [-0.15, -0.1) is 0 Å². The van der Waals surface area contributed by atoms with Crippen molar-refractivity contribution in [2.45, 2.75) is 38.5 Å². The molecule has 0 aromatic carbocycles. The molecule has 0 aromatic heterocycles. The minimum Gasteiger partial charge on any atom is -0.481 e. The van der Waals surface area contributed by atoms with Gasteiger partial charge in [0.1, 0.15) is 0 Å². The first-order valence-electron chi connectivity index (χ1n) is 6.37. The van der Waals surface area contributed by atoms with Gasteiger partial charge in [0.2, 0.25) is 5.91 Å². The normalized spacial score (nSPS) is 30.0. The number of carboxylic acid groups (broad SMARTS) is 1. The molecule has 1 N–H and O–H groups in total. The lowest BCUT2D eigenvalue weighted by atomic mass is 9.78. The van der Waals surface area contributed by atoms with Gasteiger partial charge >= 0.3 is 5.97 Å². The van der Waals surface area contributed by atoms with Crippen molar-refractivity contribution in [2.75, 3.05) is 13.2 Å². The van der Waals surface area contributed by atoms with Crippen molar-refractivity contribution < 1.29 is 19.5 Å². The maximum Gasteiger partial charge on any atom is 0.307 e. The number of rotatable bonds is 2. The van der Waals surface area contributed by atoms with Crippen LogP contribution in [-0.4, -0.2) is 35.2 Å². The molecular weight excluding hydrogens is 222 g/mol. The predicted molar refractivity (Wildman–Crippen MR) is 60.0 cm³/mol. The van der Waals surface area contributed by atoms with Crippen molar-refractivity contribution >= 4 is 11.9 Å². The highest BCUT2D eigenvalue weighted by Gasteiger charge is 2.38. The SMILES string of the molecule is O=C(O)C1CCCCC1C(=O)N1CCCCO1. The number of aliphatic carboxylic acids is 1. The lowest BCUT2D eigenvalue weighted by molar-refractivity contribution is -0.204. The van der Waals surface area contributed by atoms with E-state index in [2.05, 4.69) is 0 Å². The van der Waals surface area contributed by atoms with Crippen LogP contribution in [0.15, 0.2) is 0 Å². The van der Waals surface area contributed by atoms with Gasteiger partial charge in [-0.3, -0.25) is 14.4 Å². The Bertz CT molecular complexity index is 299. The van der Waals surface area contributed by atoms with E-state index in [9.17, 15) is 9.59 Å². The van der Waals surface area contributed by atoms with Gasteiger partial charge < -0.3 is 5.11 Å². The third-order valence-electron chi connectivity index (χ3n) is 3.65. The van der Waals surface area contributed by atoms with Gasteiger partial charge in [0.05, 0.1) is 18.4 Å². The number of carbonyl (C=O) groups is 2. The van der Waals surface area contributed by atoms with Crippen LogP contribution in [0.4, 0.5) is 0 Å². The molecule has 1 heterocycles. The standard InChI is InChI=1S/C12H19NO4/c14-11(13-7-3-4-8-17-13)9-5-1-2-6-10(9)12(15)16/h9-10H,1-8H2,(H,15,16). The zero-order valence-electron chi connectivity index (χ0n) is 9.93. The summed E-state index contributed by atoms with van der Waals surface area (Å²) in [6.07, 6.45) is 5.04. The Labute approximate surface area is 101 Å². The Balaban J connectivity index is 2.02. The monoisotopic (exact) mass is 241 g/mol. The van der Waals surface area contributed by atoms with E-state index in [1.165, 1.54) is 5.06 Å². The van der Waals surface area contributed by atoms with Crippen molar-refractivity contribution in [3.05, 3.63) is 0 Å². The second-order valence-electron chi connectivity index (χ2n) is 4.82. The number of carboxylic acids is 1. The Kier molecular flexibility index (Phi) is 3.99. The fraction of sp³-hybridized carbons (Fsp3) is 0.833. The summed E-state index contributed by atoms with van der Waals surface area (Å²) in [6.45, 7) is 1.16. The van der Waals surface area contributed by atoms with Gasteiger partial charge in [-0.2, -0.15) is 0 Å². The molecule has 5 nitrogen and oxygen atoms in total. The van der Waals surface area contributed by atoms with Crippen LogP contribution >= 0.6 is 0 Å². The molecule has 96 valence electrons. The van der Waals surface area contributed by atoms with Crippen LogP contribution in [0.2, 0.25) is 0 Å². The van der Waals surface area contributed by atoms with E-state index < -0.39 is 11.9 Å². The first-order chi connectivity index (χ1) is 8.20. The summed E-state index contributed by atoms with van der Waals surface area (Å²) in [5.41, 5.74) is 0. The summed E-state index contributed by atoms with van der Waals surface area (Å²) in [6, 6.07) is 0. The summed E-state index contributed by atoms with van der Waals surface area (Å²) < 4.78 is 0. The number of hydrogen-bond acceptors (Lipinski definition) is 3. The molecule has 0 spiro atoms. The predicted octanol–water partition coefficient (Wildman–Crippen LogP) is 1.43. The van der Waals surface area contributed by atoms with Gasteiger partial charge in [0.25, 0.3) is 0 Å². The summed E-state index contributed by atoms with van der Waals surface area (Å²) in [5.74, 6) is -1.89. The van der Waals surface area contributed by atoms with E-state index >= 15 is 0 Å². The summed E-state index contributed by atoms with van der Waals surface area (Å²) in [4.78, 5) is 28.7. The molecule has 2 unspecified atom stereocenters. The minimum atomic E-state index is -0.847. The maximum atomic E-state index is 12.2. The van der Waals surface area contributed by atoms with Crippen molar-refractivity contribution in [1.29, 1.82) is 0 Å². The molecule has 1 aliphatic carbocycles. The molecule has 17 heavy (non-hydrogen) atoms. The Morgan fingerprint density at radius 3 is 2.35 bits per heavy atom. The Morgan fingerprint density at radius 2 is 1.76 bits per heavy atom. The highest BCUT2D eigenvalue weighted by Crippen LogP contribution is 2.32. The third-order valence-corrected chi connectivity index (χ3v) is 3.65. The van der Waals surface area contributed by atoms with Gasteiger partial charge in [0, 0.05) is 6.54 Å². The topological polar surface area (TPSA) is 66.8 Å². The van der Waals surface area contributed by atoms with Crippen LogP contribution in [0.5, 0.6) is 0 Å². The molecule has 1 aliphatic heterocycles. The third kappa shape index (κ3) is 2.77. The fourth-order valence-electron chi connectivity index (χ4n) is 2.68. The zero-order valence-corrected chi connectivity index (χ0v) is 9.93. The molecule has 0 aromatic rings. The van der Waals surface area contributed by atoms with E-state index in [4.69, 9.17) is 9.94 Å². The lowest BCUT2D eigenvalue weighted by Crippen LogP contribution is -2.44. The zero-order chi connectivity index (χ0) is 12.3. The fourth-order valence-corrected chi connectivity index (χ4v) is 2.68. The van der Waals surface area contributed by atoms with Gasteiger partial charge in [0.15, 0.2) is 0 Å². The van der Waals surface area contributed by atoms with Crippen LogP contribution in [0.3, 0.4) is 0 Å². The van der Waals surface area contributed by atoms with Crippen molar-refractivity contribution in [1.82, 2.24) is 5.06 Å². The highest BCUT2D eigenvalue weighted by atomic mass is 16.7. The van der Waals surface area contributed by atoms with Gasteiger partial charge in [-0.25, -0.2) is 5.06 Å². The van der Waals surface area contributed by atoms with E-state index in [-0.39, 0.29) is 11.8 Å². The first-order valence-corrected chi connectivity index (χ1v) is 6.37. The van der Waals surface area contributed by atoms with E-state index in [0.717, 1.165) is 25.7 Å². The molecule has 0 bridgehead atoms. The average Bonchev–Trinajstić information content (AvgIpc) is 2.39. The second-order valence-corrected chi connectivity index (χ2v) is 4.82. The van der Waals surface area contributed by atoms with Crippen molar-refractivity contribution in [3.63, 3.8) is 0 Å². The van der Waals surface area contributed by atoms with Crippen LogP contribution in [0.1, 0.15) is 38.5 Å². The summed E-state index contributed by atoms with van der Waals surface area (Å²) in [5, 5.41) is 10.5. The van der Waals surface area contributed by atoms with Gasteiger partial charge in [-0.05, 0) is 25.7 Å². The van der Waals surface area contributed by atoms with E-state index in [1.54, 1.807) is 0 Å². The Morgan fingerprint density at radius 1 is 1.06 bits per heavy atom. The molecular formula is C12H19NO4. The van der Waals surface area contributed by atoms with Crippen LogP contribution in [0.25, 0.3) is 0 Å². The summed E-state index contributed by atoms with van der Waals surface area (Å²) in [7, 11) is 0. The van der Waals surface area contributed by atoms with E-state index in [1.807, 2.05) is 0 Å². The number of carbonyl (C=O) groups excluding carboxylic acids is 1. The summed E-state index contributed by atoms with van der Waals surface area (Å²) >= 11 is 0. The Hall–Kier alpha value is -1.10. The van der Waals surface area contributed by atoms with Crippen molar-refractivity contribution in [3.8, 4) is 0 Å². The number of nitrogens with zero attached hydrogens (tertiary/aromatic N) is 1. The van der Waals surface area contributed by atoms with Crippen LogP contribution < -0.4 is 0 Å². The molecule has 2 rings (SSSR count). The highest BCUT2D eigenvalue weighted by molar-refractivity contribution is 5.84. The number of hydrogen-bond donors (Lipinski definition) is 1. The van der Waals surface area contributed by atoms with Crippen LogP contribution in [0, 0.1) is 11.8 Å². The van der Waals surface area contributed by atoms with E-state index in [0.29, 0.717) is 26.0 Å². The van der Waals surface area contributed by atoms with Crippen LogP contribution in [-0.2, 0) is 14.4 Å². The van der Waals surface area contributed by atoms with Gasteiger partial charge in [-0.1, -0.05) is 12.8 Å². The minimum absolute atomic E-state index is 0.128. The van der Waals surface area contributed by atoms with Crippen molar-refractivity contribution in [2.24, 2.45) is 11.8 Å². The molecule has 2 atom stereocenters.